The Morgan fingerprint density at radius 3 is 2.61 bits per heavy atom. The van der Waals surface area contributed by atoms with Gasteiger partial charge < -0.3 is 19.9 Å². The summed E-state index contributed by atoms with van der Waals surface area (Å²) in [5.41, 5.74) is 1.97. The van der Waals surface area contributed by atoms with Crippen molar-refractivity contribution in [1.82, 2.24) is 9.80 Å². The average molecular weight is 495 g/mol. The minimum absolute atomic E-state index is 0.107. The van der Waals surface area contributed by atoms with E-state index in [9.17, 15) is 18.0 Å². The molecular weight excluding hydrogens is 469 g/mol. The number of alkyl halides is 3. The fourth-order valence-electron chi connectivity index (χ4n) is 4.50. The van der Waals surface area contributed by atoms with Crippen molar-refractivity contribution in [3.63, 3.8) is 0 Å². The molecule has 0 aliphatic carbocycles. The summed E-state index contributed by atoms with van der Waals surface area (Å²) >= 11 is 0. The molecule has 0 bridgehead atoms. The van der Waals surface area contributed by atoms with Gasteiger partial charge in [-0.15, -0.1) is 0 Å². The number of aryl methyl sites for hydroxylation is 1. The van der Waals surface area contributed by atoms with Crippen molar-refractivity contribution < 1.29 is 22.7 Å². The molecule has 0 unspecified atom stereocenters. The molecule has 1 saturated heterocycles. The van der Waals surface area contributed by atoms with Crippen LogP contribution in [0.2, 0.25) is 0 Å². The molecule has 1 atom stereocenters. The number of piperazine rings is 1. The van der Waals surface area contributed by atoms with E-state index in [2.05, 4.69) is 10.2 Å². The summed E-state index contributed by atoms with van der Waals surface area (Å²) in [7, 11) is 0. The summed E-state index contributed by atoms with van der Waals surface area (Å²) in [5, 5.41) is 2.61. The maximum absolute atomic E-state index is 13.0. The number of rotatable bonds is 1. The molecule has 5 rings (SSSR count). The number of hydrogen-bond acceptors (Lipinski definition) is 4. The maximum atomic E-state index is 13.0. The highest BCUT2D eigenvalue weighted by atomic mass is 19.4. The number of nitrogens with one attached hydrogen (secondary N) is 1. The first kappa shape index (κ1) is 23.7. The van der Waals surface area contributed by atoms with Gasteiger partial charge in [0.1, 0.15) is 17.3 Å². The molecule has 36 heavy (non-hydrogen) atoms. The molecule has 1 N–H and O–H groups in total. The number of hydrogen-bond donors (Lipinski definition) is 1. The summed E-state index contributed by atoms with van der Waals surface area (Å²) in [4.78, 5) is 21.7. The molecule has 2 aliphatic rings. The van der Waals surface area contributed by atoms with Gasteiger partial charge in [-0.3, -0.25) is 0 Å². The third-order valence-electron chi connectivity index (χ3n) is 6.32. The zero-order valence-electron chi connectivity index (χ0n) is 19.8. The van der Waals surface area contributed by atoms with Crippen LogP contribution in [0.25, 0.3) is 0 Å². The largest absolute Gasteiger partial charge is 0.454 e. The van der Waals surface area contributed by atoms with Crippen molar-refractivity contribution in [2.24, 2.45) is 4.99 Å². The maximum Gasteiger partial charge on any atom is 0.416 e. The minimum Gasteiger partial charge on any atom is -0.454 e. The van der Waals surface area contributed by atoms with E-state index in [4.69, 9.17) is 9.73 Å². The quantitative estimate of drug-likeness (QED) is 0.424. The van der Waals surface area contributed by atoms with Crippen LogP contribution in [0.15, 0.2) is 71.7 Å². The van der Waals surface area contributed by atoms with Crippen molar-refractivity contribution in [2.75, 3.05) is 25.0 Å². The number of urea groups is 1. The molecule has 9 heteroatoms. The van der Waals surface area contributed by atoms with Gasteiger partial charge in [-0.2, -0.15) is 13.2 Å². The molecule has 3 aromatic rings. The fraction of sp³-hybridized carbons (Fsp3) is 0.259. The lowest BCUT2D eigenvalue weighted by molar-refractivity contribution is -0.137. The highest BCUT2D eigenvalue weighted by Crippen LogP contribution is 2.38. The van der Waals surface area contributed by atoms with Crippen molar-refractivity contribution in [2.45, 2.75) is 26.1 Å². The Hall–Kier alpha value is -4.01. The Morgan fingerprint density at radius 2 is 1.83 bits per heavy atom. The predicted octanol–water partition coefficient (Wildman–Crippen LogP) is 6.44. The van der Waals surface area contributed by atoms with Crippen LogP contribution in [0.3, 0.4) is 0 Å². The Kier molecular flexibility index (Phi) is 6.07. The molecule has 0 radical (unpaired) electrons. The zero-order valence-corrected chi connectivity index (χ0v) is 19.8. The lowest BCUT2D eigenvalue weighted by Crippen LogP contribution is -2.56. The van der Waals surface area contributed by atoms with E-state index in [1.54, 1.807) is 4.90 Å². The van der Waals surface area contributed by atoms with Gasteiger partial charge >= 0.3 is 12.2 Å². The number of aliphatic imine (C=N–C) groups is 1. The van der Waals surface area contributed by atoms with E-state index in [1.165, 1.54) is 12.1 Å². The lowest BCUT2D eigenvalue weighted by Gasteiger charge is -2.41. The van der Waals surface area contributed by atoms with Crippen LogP contribution in [-0.4, -0.2) is 47.3 Å². The molecule has 2 aliphatic heterocycles. The third-order valence-corrected chi connectivity index (χ3v) is 6.32. The first-order valence-electron chi connectivity index (χ1n) is 11.7. The normalized spacial score (nSPS) is 17.4. The van der Waals surface area contributed by atoms with Crippen LogP contribution in [0.5, 0.6) is 11.5 Å². The lowest BCUT2D eigenvalue weighted by atomic mass is 10.1. The van der Waals surface area contributed by atoms with Crippen molar-refractivity contribution in [1.29, 1.82) is 0 Å². The summed E-state index contributed by atoms with van der Waals surface area (Å²) < 4.78 is 45.3. The van der Waals surface area contributed by atoms with Gasteiger partial charge in [0.2, 0.25) is 0 Å². The van der Waals surface area contributed by atoms with Gasteiger partial charge in [0.25, 0.3) is 0 Å². The second-order valence-corrected chi connectivity index (χ2v) is 9.00. The van der Waals surface area contributed by atoms with Crippen LogP contribution >= 0.6 is 0 Å². The van der Waals surface area contributed by atoms with Crippen molar-refractivity contribution in [3.05, 3.63) is 83.4 Å². The molecule has 6 nitrogen and oxygen atoms in total. The molecule has 0 saturated carbocycles. The average Bonchev–Trinajstić information content (AvgIpc) is 3.00. The molecule has 3 aromatic carbocycles. The predicted molar refractivity (Wildman–Crippen MR) is 132 cm³/mol. The van der Waals surface area contributed by atoms with Crippen LogP contribution in [0.4, 0.5) is 29.3 Å². The molecular formula is C27H25F3N4O2. The Bertz CT molecular complexity index is 1340. The van der Waals surface area contributed by atoms with E-state index < -0.39 is 17.8 Å². The van der Waals surface area contributed by atoms with E-state index in [1.807, 2.05) is 56.3 Å². The number of carbonyl (C=O) groups is 1. The SMILES string of the molecule is Cc1ccc2c(c1)C(N1CCN(C(=O)Nc3cccc(C(F)(F)F)c3)[C@H](C)C1)=Nc1ccccc1O2. The second kappa shape index (κ2) is 9.22. The number of amidine groups is 1. The van der Waals surface area contributed by atoms with Crippen LogP contribution < -0.4 is 10.1 Å². The van der Waals surface area contributed by atoms with E-state index >= 15 is 0 Å². The van der Waals surface area contributed by atoms with Gasteiger partial charge in [0, 0.05) is 31.4 Å². The first-order valence-corrected chi connectivity index (χ1v) is 11.7. The highest BCUT2D eigenvalue weighted by Gasteiger charge is 2.33. The minimum atomic E-state index is -4.48. The number of ether oxygens (including phenoxy) is 1. The molecule has 2 amide bonds. The molecule has 2 heterocycles. The van der Waals surface area contributed by atoms with Crippen LogP contribution in [0.1, 0.15) is 23.6 Å². The number of fused-ring (bicyclic) bond motifs is 2. The van der Waals surface area contributed by atoms with Crippen LogP contribution in [-0.2, 0) is 6.18 Å². The van der Waals surface area contributed by atoms with E-state index in [0.29, 0.717) is 31.1 Å². The third kappa shape index (κ3) is 4.73. The van der Waals surface area contributed by atoms with E-state index in [-0.39, 0.29) is 11.7 Å². The van der Waals surface area contributed by atoms with Gasteiger partial charge in [-0.05, 0) is 56.3 Å². The number of amides is 2. The second-order valence-electron chi connectivity index (χ2n) is 9.00. The molecule has 1 fully saturated rings. The molecule has 186 valence electrons. The number of anilines is 1. The van der Waals surface area contributed by atoms with Crippen molar-refractivity contribution in [3.8, 4) is 11.5 Å². The number of nitrogens with zero attached hydrogens (tertiary/aromatic N) is 3. The topological polar surface area (TPSA) is 57.2 Å². The summed E-state index contributed by atoms with van der Waals surface area (Å²) in [6, 6.07) is 17.6. The number of halogens is 3. The number of para-hydroxylation sites is 2. The van der Waals surface area contributed by atoms with Gasteiger partial charge in [0.15, 0.2) is 5.75 Å². The Labute approximate surface area is 207 Å². The fourth-order valence-corrected chi connectivity index (χ4v) is 4.50. The number of carbonyl (C=O) groups excluding carboxylic acids is 1. The standard InChI is InChI=1S/C27H25F3N4O2/c1-17-10-11-23-21(14-17)25(32-22-8-3-4-9-24(22)36-23)33-12-13-34(18(2)16-33)26(35)31-20-7-5-6-19(15-20)27(28,29)30/h3-11,14-15,18H,12-13,16H2,1-2H3,(H,31,35)/t18-/m1/s1. The Morgan fingerprint density at radius 1 is 1.03 bits per heavy atom. The van der Waals surface area contributed by atoms with Gasteiger partial charge in [-0.25, -0.2) is 9.79 Å². The first-order chi connectivity index (χ1) is 17.2. The van der Waals surface area contributed by atoms with Crippen molar-refractivity contribution >= 4 is 23.2 Å². The summed E-state index contributed by atoms with van der Waals surface area (Å²) in [6.45, 7) is 5.32. The number of benzene rings is 3. The van der Waals surface area contributed by atoms with E-state index in [0.717, 1.165) is 34.8 Å². The highest BCUT2D eigenvalue weighted by molar-refractivity contribution is 6.04. The van der Waals surface area contributed by atoms with Gasteiger partial charge in [-0.1, -0.05) is 29.8 Å². The van der Waals surface area contributed by atoms with Gasteiger partial charge in [0.05, 0.1) is 11.1 Å². The summed E-state index contributed by atoms with van der Waals surface area (Å²) in [5.74, 6) is 2.15. The smallest absolute Gasteiger partial charge is 0.416 e. The monoisotopic (exact) mass is 494 g/mol. The molecule has 0 spiro atoms. The molecule has 0 aromatic heterocycles. The van der Waals surface area contributed by atoms with Crippen LogP contribution in [0, 0.1) is 6.92 Å². The Balaban J connectivity index is 1.36. The zero-order chi connectivity index (χ0) is 25.4. The summed E-state index contributed by atoms with van der Waals surface area (Å²) in [6.07, 6.45) is -4.48.